The van der Waals surface area contributed by atoms with Crippen molar-refractivity contribution < 1.29 is 9.90 Å². The summed E-state index contributed by atoms with van der Waals surface area (Å²) in [5.74, 6) is -0.276. The predicted molar refractivity (Wildman–Crippen MR) is 63.0 cm³/mol. The van der Waals surface area contributed by atoms with E-state index in [-0.39, 0.29) is 6.04 Å². The second kappa shape index (κ2) is 4.58. The average Bonchev–Trinajstić information content (AvgIpc) is 2.31. The Bertz CT molecular complexity index is 290. The molecule has 0 aromatic heterocycles. The van der Waals surface area contributed by atoms with Gasteiger partial charge in [-0.3, -0.25) is 4.79 Å². The number of carboxylic acid groups (broad SMARTS) is 1. The molecule has 0 spiro atoms. The lowest BCUT2D eigenvalue weighted by Gasteiger charge is -2.42. The Balaban J connectivity index is 2.15. The fourth-order valence-corrected chi connectivity index (χ4v) is 3.25. The summed E-state index contributed by atoms with van der Waals surface area (Å²) in [6.07, 6.45) is 10.6. The van der Waals surface area contributed by atoms with Crippen LogP contribution in [0.5, 0.6) is 0 Å². The quantitative estimate of drug-likeness (QED) is 0.706. The molecule has 1 atom stereocenters. The highest BCUT2D eigenvalue weighted by Crippen LogP contribution is 2.47. The minimum atomic E-state index is -0.597. The van der Waals surface area contributed by atoms with Crippen LogP contribution >= 0.6 is 0 Å². The fraction of sp³-hybridized carbons (Fsp3) is 0.769. The van der Waals surface area contributed by atoms with Crippen molar-refractivity contribution in [3.05, 3.63) is 12.2 Å². The molecule has 2 aliphatic carbocycles. The second-order valence-electron chi connectivity index (χ2n) is 5.28. The molecule has 16 heavy (non-hydrogen) atoms. The summed E-state index contributed by atoms with van der Waals surface area (Å²) in [6, 6.07) is 0.214. The normalized spacial score (nSPS) is 39.6. The summed E-state index contributed by atoms with van der Waals surface area (Å²) >= 11 is 0. The van der Waals surface area contributed by atoms with E-state index in [4.69, 9.17) is 5.73 Å². The van der Waals surface area contributed by atoms with E-state index in [0.717, 1.165) is 44.9 Å². The van der Waals surface area contributed by atoms with E-state index >= 15 is 0 Å². The third-order valence-electron chi connectivity index (χ3n) is 4.40. The fourth-order valence-electron chi connectivity index (χ4n) is 3.25. The van der Waals surface area contributed by atoms with Crippen LogP contribution in [0.15, 0.2) is 12.2 Å². The van der Waals surface area contributed by atoms with Crippen molar-refractivity contribution in [3.8, 4) is 0 Å². The second-order valence-corrected chi connectivity index (χ2v) is 5.28. The molecule has 0 radical (unpaired) electrons. The van der Waals surface area contributed by atoms with Crippen molar-refractivity contribution in [2.45, 2.75) is 51.0 Å². The number of hydrogen-bond donors (Lipinski definition) is 2. The molecule has 0 aliphatic heterocycles. The van der Waals surface area contributed by atoms with Crippen LogP contribution < -0.4 is 5.73 Å². The molecule has 0 aromatic carbocycles. The lowest BCUT2D eigenvalue weighted by atomic mass is 9.62. The SMILES string of the molecule is NC1CCC(C(=O)O)(C2CC=CCC2)CC1. The molecule has 3 heteroatoms. The Morgan fingerprint density at radius 1 is 1.25 bits per heavy atom. The summed E-state index contributed by atoms with van der Waals surface area (Å²) in [7, 11) is 0. The topological polar surface area (TPSA) is 63.3 Å². The molecule has 2 aliphatic rings. The van der Waals surface area contributed by atoms with E-state index < -0.39 is 11.4 Å². The molecule has 0 bridgehead atoms. The van der Waals surface area contributed by atoms with E-state index in [1.807, 2.05) is 0 Å². The van der Waals surface area contributed by atoms with Gasteiger partial charge in [0.2, 0.25) is 0 Å². The zero-order valence-electron chi connectivity index (χ0n) is 9.69. The summed E-state index contributed by atoms with van der Waals surface area (Å²) in [6.45, 7) is 0. The molecule has 1 saturated carbocycles. The molecule has 1 unspecified atom stereocenters. The maximum absolute atomic E-state index is 11.6. The van der Waals surface area contributed by atoms with Crippen molar-refractivity contribution in [1.29, 1.82) is 0 Å². The summed E-state index contributed by atoms with van der Waals surface area (Å²) in [5.41, 5.74) is 5.39. The molecular formula is C13H21NO2. The van der Waals surface area contributed by atoms with Gasteiger partial charge in [0.1, 0.15) is 0 Å². The van der Waals surface area contributed by atoms with Gasteiger partial charge < -0.3 is 10.8 Å². The van der Waals surface area contributed by atoms with Gasteiger partial charge in [-0.25, -0.2) is 0 Å². The molecule has 0 heterocycles. The molecule has 90 valence electrons. The molecule has 2 rings (SSSR count). The third kappa shape index (κ3) is 2.01. The maximum Gasteiger partial charge on any atom is 0.309 e. The number of aliphatic carboxylic acids is 1. The summed E-state index contributed by atoms with van der Waals surface area (Å²) in [4.78, 5) is 11.6. The van der Waals surface area contributed by atoms with E-state index in [1.54, 1.807) is 0 Å². The molecule has 0 aromatic rings. The zero-order valence-corrected chi connectivity index (χ0v) is 9.69. The van der Waals surface area contributed by atoms with Gasteiger partial charge in [-0.2, -0.15) is 0 Å². The number of allylic oxidation sites excluding steroid dienone is 2. The number of carboxylic acids is 1. The molecule has 3 nitrogen and oxygen atoms in total. The molecule has 1 fully saturated rings. The van der Waals surface area contributed by atoms with Crippen molar-refractivity contribution in [2.24, 2.45) is 17.1 Å². The number of carbonyl (C=O) groups is 1. The maximum atomic E-state index is 11.6. The number of nitrogens with two attached hydrogens (primary N) is 1. The Morgan fingerprint density at radius 2 is 1.94 bits per heavy atom. The van der Waals surface area contributed by atoms with E-state index in [1.165, 1.54) is 0 Å². The van der Waals surface area contributed by atoms with Gasteiger partial charge >= 0.3 is 5.97 Å². The van der Waals surface area contributed by atoms with Gasteiger partial charge in [-0.05, 0) is 50.9 Å². The largest absolute Gasteiger partial charge is 0.481 e. The van der Waals surface area contributed by atoms with Crippen LogP contribution in [-0.4, -0.2) is 17.1 Å². The highest BCUT2D eigenvalue weighted by molar-refractivity contribution is 5.75. The van der Waals surface area contributed by atoms with Crippen LogP contribution in [0.3, 0.4) is 0 Å². The Labute approximate surface area is 96.7 Å². The van der Waals surface area contributed by atoms with Gasteiger partial charge in [0.05, 0.1) is 5.41 Å². The zero-order chi connectivity index (χ0) is 11.6. The van der Waals surface area contributed by atoms with Crippen LogP contribution in [0.2, 0.25) is 0 Å². The first-order valence-corrected chi connectivity index (χ1v) is 6.29. The van der Waals surface area contributed by atoms with Gasteiger partial charge in [0.15, 0.2) is 0 Å². The van der Waals surface area contributed by atoms with Gasteiger partial charge in [-0.15, -0.1) is 0 Å². The first-order valence-electron chi connectivity index (χ1n) is 6.29. The van der Waals surface area contributed by atoms with Crippen molar-refractivity contribution >= 4 is 5.97 Å². The highest BCUT2D eigenvalue weighted by Gasteiger charge is 2.46. The van der Waals surface area contributed by atoms with Crippen LogP contribution in [0.4, 0.5) is 0 Å². The number of rotatable bonds is 2. The van der Waals surface area contributed by atoms with Crippen LogP contribution in [-0.2, 0) is 4.79 Å². The first-order chi connectivity index (χ1) is 7.65. The smallest absolute Gasteiger partial charge is 0.309 e. The van der Waals surface area contributed by atoms with Crippen molar-refractivity contribution in [1.82, 2.24) is 0 Å². The lowest BCUT2D eigenvalue weighted by molar-refractivity contribution is -0.156. The average molecular weight is 223 g/mol. The standard InChI is InChI=1S/C13H21NO2/c14-11-6-8-13(9-7-11,12(15)16)10-4-2-1-3-5-10/h1-2,10-11H,3-9,14H2,(H,15,16). The molecule has 3 N–H and O–H groups in total. The molecule has 0 saturated heterocycles. The van der Waals surface area contributed by atoms with Crippen LogP contribution in [0.25, 0.3) is 0 Å². The van der Waals surface area contributed by atoms with E-state index in [9.17, 15) is 9.90 Å². The first kappa shape index (κ1) is 11.6. The van der Waals surface area contributed by atoms with Gasteiger partial charge in [-0.1, -0.05) is 12.2 Å². The van der Waals surface area contributed by atoms with Crippen LogP contribution in [0.1, 0.15) is 44.9 Å². The summed E-state index contributed by atoms with van der Waals surface area (Å²) < 4.78 is 0. The molecule has 0 amide bonds. The van der Waals surface area contributed by atoms with Gasteiger partial charge in [0.25, 0.3) is 0 Å². The Hall–Kier alpha value is -0.830. The predicted octanol–water partition coefficient (Wildman–Crippen LogP) is 2.32. The minimum absolute atomic E-state index is 0.214. The Morgan fingerprint density at radius 3 is 2.44 bits per heavy atom. The summed E-state index contributed by atoms with van der Waals surface area (Å²) in [5, 5.41) is 9.56. The minimum Gasteiger partial charge on any atom is -0.481 e. The highest BCUT2D eigenvalue weighted by atomic mass is 16.4. The van der Waals surface area contributed by atoms with Crippen LogP contribution in [0, 0.1) is 11.3 Å². The third-order valence-corrected chi connectivity index (χ3v) is 4.40. The number of hydrogen-bond acceptors (Lipinski definition) is 2. The van der Waals surface area contributed by atoms with Crippen molar-refractivity contribution in [3.63, 3.8) is 0 Å². The van der Waals surface area contributed by atoms with E-state index in [0.29, 0.717) is 5.92 Å². The Kier molecular flexibility index (Phi) is 3.33. The van der Waals surface area contributed by atoms with Crippen molar-refractivity contribution in [2.75, 3.05) is 0 Å². The lowest BCUT2D eigenvalue weighted by Crippen LogP contribution is -2.44. The van der Waals surface area contributed by atoms with E-state index in [2.05, 4.69) is 12.2 Å². The monoisotopic (exact) mass is 223 g/mol. The molecular weight excluding hydrogens is 202 g/mol. The van der Waals surface area contributed by atoms with Gasteiger partial charge in [0, 0.05) is 6.04 Å².